The Morgan fingerprint density at radius 1 is 1.07 bits per heavy atom. The van der Waals surface area contributed by atoms with E-state index in [1.165, 1.54) is 12.7 Å². The van der Waals surface area contributed by atoms with Crippen molar-refractivity contribution in [1.82, 2.24) is 5.32 Å². The molecular formula is C45H63ClN2O10. The van der Waals surface area contributed by atoms with Gasteiger partial charge in [-0.2, -0.15) is 0 Å². The largest absolute Gasteiger partial charge is 0.466 e. The van der Waals surface area contributed by atoms with Crippen molar-refractivity contribution in [2.24, 2.45) is 34.8 Å². The number of fused-ring (bicyclic) bond motifs is 1. The number of aliphatic hydroxyl groups is 1. The van der Waals surface area contributed by atoms with Crippen molar-refractivity contribution >= 4 is 35.5 Å². The van der Waals surface area contributed by atoms with E-state index in [9.17, 15) is 24.3 Å². The summed E-state index contributed by atoms with van der Waals surface area (Å²) in [4.78, 5) is 50.0. The molecule has 1 aromatic carbocycles. The van der Waals surface area contributed by atoms with Gasteiger partial charge < -0.3 is 39.8 Å². The molecule has 13 heteroatoms. The van der Waals surface area contributed by atoms with Crippen LogP contribution in [0.25, 0.3) is 0 Å². The number of methoxy groups -OCH3 is 1. The van der Waals surface area contributed by atoms with Gasteiger partial charge in [-0.1, -0.05) is 68.8 Å². The Balaban J connectivity index is 0.000000257. The number of nitrogens with one attached hydrogen (secondary N) is 1. The highest BCUT2D eigenvalue weighted by Gasteiger charge is 2.44. The summed E-state index contributed by atoms with van der Waals surface area (Å²) in [5.74, 6) is -1.09. The van der Waals surface area contributed by atoms with Gasteiger partial charge in [0.05, 0.1) is 67.6 Å². The zero-order chi connectivity index (χ0) is 42.7. The molecular weight excluding hydrogens is 764 g/mol. The van der Waals surface area contributed by atoms with Crippen LogP contribution in [0.3, 0.4) is 0 Å². The molecule has 58 heavy (non-hydrogen) atoms. The summed E-state index contributed by atoms with van der Waals surface area (Å²) in [5, 5.41) is 13.4. The quantitative estimate of drug-likeness (QED) is 0.101. The Morgan fingerprint density at radius 2 is 1.79 bits per heavy atom. The van der Waals surface area contributed by atoms with E-state index in [2.05, 4.69) is 37.4 Å². The van der Waals surface area contributed by atoms with E-state index in [1.54, 1.807) is 38.1 Å². The number of carbonyl (C=O) groups excluding carboxylic acids is 4. The Kier molecular flexibility index (Phi) is 17.2. The highest BCUT2D eigenvalue weighted by atomic mass is 35.5. The first-order chi connectivity index (χ1) is 27.6. The minimum Gasteiger partial charge on any atom is -0.466 e. The van der Waals surface area contributed by atoms with Crippen molar-refractivity contribution < 1.29 is 48.0 Å². The minimum atomic E-state index is -0.752. The molecule has 4 N–H and O–H groups in total. The number of carbonyl (C=O) groups is 4. The second-order valence-electron chi connectivity index (χ2n) is 16.3. The van der Waals surface area contributed by atoms with Crippen molar-refractivity contribution in [1.29, 1.82) is 0 Å². The Labute approximate surface area is 348 Å². The Bertz CT molecular complexity index is 1770. The first-order valence-corrected chi connectivity index (χ1v) is 20.9. The molecule has 0 spiro atoms. The number of nitrogens with two attached hydrogens (primary N) is 1. The van der Waals surface area contributed by atoms with Crippen molar-refractivity contribution in [2.45, 2.75) is 111 Å². The maximum absolute atomic E-state index is 12.9. The standard InChI is InChI=1S/C25H38O5.C20H25ClN2O5/c1-6-25(4,5)24(28)30-21-12-15(2)11-17-8-7-16(3)20(23(17)21)10-9-19-13-18(26)14-22(27)29-19;1-4-28-20(25)18-15(11-27-10-9-22)23-12(2)16(19(24)26-3)17(18)13-7-5-6-8-14(13)21/h7-8,11,15-16,18-21,23,26H,6,9-10,12-14H2,1-5H3;5-8,17,23H,4,9-11,22H2,1-3H3/t15-,16-,18+,19+,20-,21-,23-;/m0./s1. The van der Waals surface area contributed by atoms with Crippen molar-refractivity contribution in [2.75, 3.05) is 33.5 Å². The molecule has 0 amide bonds. The molecule has 4 aliphatic rings. The van der Waals surface area contributed by atoms with Crippen molar-refractivity contribution in [3.05, 3.63) is 81.2 Å². The molecule has 2 aliphatic carbocycles. The van der Waals surface area contributed by atoms with Gasteiger partial charge in [0.15, 0.2) is 0 Å². The third kappa shape index (κ3) is 11.6. The van der Waals surface area contributed by atoms with E-state index in [0.29, 0.717) is 64.9 Å². The number of dihydropyridines is 1. The first kappa shape index (κ1) is 46.7. The minimum absolute atomic E-state index is 0.0949. The van der Waals surface area contributed by atoms with E-state index in [4.69, 9.17) is 41.0 Å². The average molecular weight is 827 g/mol. The van der Waals surface area contributed by atoms with Gasteiger partial charge in [-0.05, 0) is 88.3 Å². The van der Waals surface area contributed by atoms with Crippen LogP contribution in [0.15, 0.2) is 70.6 Å². The summed E-state index contributed by atoms with van der Waals surface area (Å²) >= 11 is 6.42. The smallest absolute Gasteiger partial charge is 0.336 e. The summed E-state index contributed by atoms with van der Waals surface area (Å²) < 4.78 is 27.4. The molecule has 2 heterocycles. The number of halogens is 1. The SMILES string of the molecule is CCC(C)(C)C(=O)O[C@H]1C[C@@H](C)C=C2C=C[C@H](C)[C@H](CC[C@@H]3C[C@@H](O)CC(=O)O3)[C@H]21.CCOC(=O)C1=C(COCCN)NC(C)=C(C(=O)OC)C1c1ccccc1Cl. The van der Waals surface area contributed by atoms with Crippen LogP contribution >= 0.6 is 11.6 Å². The lowest BCUT2D eigenvalue weighted by Crippen LogP contribution is -2.43. The number of benzene rings is 1. The molecule has 0 bridgehead atoms. The van der Waals surface area contributed by atoms with Crippen LogP contribution in [0.5, 0.6) is 0 Å². The molecule has 320 valence electrons. The number of hydrogen-bond donors (Lipinski definition) is 3. The van der Waals surface area contributed by atoms with Gasteiger partial charge in [-0.15, -0.1) is 0 Å². The van der Waals surface area contributed by atoms with Gasteiger partial charge >= 0.3 is 23.9 Å². The van der Waals surface area contributed by atoms with Crippen molar-refractivity contribution in [3.8, 4) is 0 Å². The van der Waals surface area contributed by atoms with Gasteiger partial charge in [0.2, 0.25) is 0 Å². The number of cyclic esters (lactones) is 1. The topological polar surface area (TPSA) is 173 Å². The van der Waals surface area contributed by atoms with Gasteiger partial charge in [-0.25, -0.2) is 9.59 Å². The third-order valence-corrected chi connectivity index (χ3v) is 12.0. The molecule has 2 aliphatic heterocycles. The van der Waals surface area contributed by atoms with E-state index in [0.717, 1.165) is 25.7 Å². The first-order valence-electron chi connectivity index (χ1n) is 20.5. The molecule has 0 radical (unpaired) electrons. The molecule has 1 unspecified atom stereocenters. The molecule has 5 rings (SSSR count). The molecule has 12 nitrogen and oxygen atoms in total. The Morgan fingerprint density at radius 3 is 2.43 bits per heavy atom. The zero-order valence-corrected chi connectivity index (χ0v) is 36.1. The number of aliphatic hydroxyl groups excluding tert-OH is 1. The summed E-state index contributed by atoms with van der Waals surface area (Å²) in [5.41, 5.74) is 8.49. The number of hydrogen-bond acceptors (Lipinski definition) is 12. The van der Waals surface area contributed by atoms with Crippen LogP contribution in [0, 0.1) is 29.1 Å². The zero-order valence-electron chi connectivity index (χ0n) is 35.3. The molecule has 1 saturated heterocycles. The van der Waals surface area contributed by atoms with Crippen molar-refractivity contribution in [3.63, 3.8) is 0 Å². The number of rotatable bonds is 14. The van der Waals surface area contributed by atoms with Gasteiger partial charge in [0, 0.05) is 29.6 Å². The fraction of sp³-hybridized carbons (Fsp3) is 0.600. The highest BCUT2D eigenvalue weighted by molar-refractivity contribution is 6.31. The molecule has 1 fully saturated rings. The maximum atomic E-state index is 12.9. The van der Waals surface area contributed by atoms with Gasteiger partial charge in [0.1, 0.15) is 12.2 Å². The Hall–Kier alpha value is -3.97. The van der Waals surface area contributed by atoms with Crippen LogP contribution in [-0.4, -0.2) is 80.8 Å². The van der Waals surface area contributed by atoms with E-state index in [-0.39, 0.29) is 55.3 Å². The van der Waals surface area contributed by atoms with Crippen LogP contribution in [-0.2, 0) is 42.9 Å². The summed E-state index contributed by atoms with van der Waals surface area (Å²) in [6.07, 6.45) is 9.61. The van der Waals surface area contributed by atoms with E-state index in [1.807, 2.05) is 20.8 Å². The predicted octanol–water partition coefficient (Wildman–Crippen LogP) is 6.85. The lowest BCUT2D eigenvalue weighted by atomic mass is 9.65. The summed E-state index contributed by atoms with van der Waals surface area (Å²) in [7, 11) is 1.29. The summed E-state index contributed by atoms with van der Waals surface area (Å²) in [6.45, 7) is 14.7. The van der Waals surface area contributed by atoms with Crippen LogP contribution in [0.1, 0.15) is 98.5 Å². The van der Waals surface area contributed by atoms with Gasteiger partial charge in [0.25, 0.3) is 0 Å². The second-order valence-corrected chi connectivity index (χ2v) is 16.7. The molecule has 1 aromatic rings. The maximum Gasteiger partial charge on any atom is 0.336 e. The fourth-order valence-corrected chi connectivity index (χ4v) is 8.44. The lowest BCUT2D eigenvalue weighted by Gasteiger charge is -2.44. The normalized spacial score (nSPS) is 26.9. The highest BCUT2D eigenvalue weighted by Crippen LogP contribution is 2.46. The monoisotopic (exact) mass is 826 g/mol. The van der Waals surface area contributed by atoms with E-state index >= 15 is 0 Å². The predicted molar refractivity (Wildman–Crippen MR) is 221 cm³/mol. The summed E-state index contributed by atoms with van der Waals surface area (Å²) in [6, 6.07) is 7.05. The van der Waals surface area contributed by atoms with Gasteiger partial charge in [-0.3, -0.25) is 9.59 Å². The molecule has 0 aromatic heterocycles. The van der Waals surface area contributed by atoms with Crippen LogP contribution in [0.4, 0.5) is 0 Å². The lowest BCUT2D eigenvalue weighted by molar-refractivity contribution is -0.166. The second kappa shape index (κ2) is 21.3. The van der Waals surface area contributed by atoms with E-state index < -0.39 is 29.4 Å². The number of ether oxygens (including phenoxy) is 5. The average Bonchev–Trinajstić information content (AvgIpc) is 3.17. The number of allylic oxidation sites excluding steroid dienone is 4. The fourth-order valence-electron chi connectivity index (χ4n) is 8.20. The van der Waals surface area contributed by atoms with Crippen LogP contribution < -0.4 is 11.1 Å². The molecule has 8 atom stereocenters. The van der Waals surface area contributed by atoms with Crippen LogP contribution in [0.2, 0.25) is 5.02 Å². The third-order valence-electron chi connectivity index (χ3n) is 11.6. The molecule has 0 saturated carbocycles. The number of esters is 4.